The van der Waals surface area contributed by atoms with Crippen LogP contribution >= 0.6 is 0 Å². The topological polar surface area (TPSA) is 389 Å². The largest absolute Gasteiger partial charge is 0.493 e. The van der Waals surface area contributed by atoms with E-state index in [1.807, 2.05) is 146 Å². The van der Waals surface area contributed by atoms with Crippen LogP contribution in [0.15, 0.2) is 227 Å². The quantitative estimate of drug-likeness (QED) is 0.0587. The Hall–Kier alpha value is -17.5. The number of ether oxygens (including phenoxy) is 8. The molecule has 0 spiro atoms. The number of fused-ring (bicyclic) bond motifs is 6. The maximum absolute atomic E-state index is 9.10. The molecule has 0 radical (unpaired) electrons. The highest BCUT2D eigenvalue weighted by Crippen LogP contribution is 2.43. The first-order chi connectivity index (χ1) is 68.8. The lowest BCUT2D eigenvalue weighted by Gasteiger charge is -2.41. The van der Waals surface area contributed by atoms with Crippen molar-refractivity contribution in [3.8, 4) is 64.2 Å². The Morgan fingerprint density at radius 1 is 0.271 bits per heavy atom. The molecule has 140 heavy (non-hydrogen) atoms. The van der Waals surface area contributed by atoms with Crippen molar-refractivity contribution >= 4 is 102 Å². The number of rotatable bonds is 24. The van der Waals surface area contributed by atoms with Crippen molar-refractivity contribution in [1.29, 1.82) is 15.8 Å². The summed E-state index contributed by atoms with van der Waals surface area (Å²) in [7, 11) is 13.0. The summed E-state index contributed by atoms with van der Waals surface area (Å²) in [6.07, 6.45) is 25.9. The summed E-state index contributed by atoms with van der Waals surface area (Å²) in [5.74, 6) is 11.8. The van der Waals surface area contributed by atoms with E-state index in [1.54, 1.807) is 113 Å². The molecule has 2 atom stereocenters. The standard InChI is InChI=1S/C27H28N6O2.2C26H25N7O2.C25H24N8O2/c1-34-24-11-22-23(12-25(24)35-2)30-17-31-26(22)32-15-20-8-9-21(16-32)33(20)27-28-13-19(14-29-27)10-18-6-4-3-5-7-18;1-34-23-12-21-22(13-24(23)35-2)30-17-31-25(21)32-7-9-33(10-8-32)26-28-15-20(16-29-26)11-18-3-5-19(14-27)6-4-18;1-34-23-12-21-22(13-24(23)35-2)30-17-31-25(21)32-6-8-33(9-7-32)26-28-15-20(16-29-26)11-18-4-3-5-19(10-18)14-27;1-34-22-11-20-21(12-23(22)35-2)29-16-30-24(20)32-7-9-33(10-8-32)25-27-14-19(15-28-25)31-18-5-3-17(13-26)4-6-18/h3-7,11-14,17,20-21H,8-10,15-16H2,1-2H3;3-6,12-13,15-17H,7-11H2,1-2H3;3-5,10,12-13,15-17H,6-9,11H2,1-2H3;3-6,11-12,14-16,31H,7-10H2,1-2H3. The fourth-order valence-corrected chi connectivity index (χ4v) is 18.1. The highest BCUT2D eigenvalue weighted by atomic mass is 16.5. The third-order valence-electron chi connectivity index (χ3n) is 25.3. The minimum atomic E-state index is 0.346. The molecule has 36 heteroatoms. The number of hydrogen-bond donors (Lipinski definition) is 1. The van der Waals surface area contributed by atoms with E-state index in [1.165, 1.54) is 5.56 Å². The molecule has 2 bridgehead atoms. The smallest absolute Gasteiger partial charge is 0.225 e. The average molecular weight is 1870 g/mol. The van der Waals surface area contributed by atoms with Crippen LogP contribution in [0.1, 0.15) is 62.9 Å². The van der Waals surface area contributed by atoms with Crippen LogP contribution in [0.5, 0.6) is 46.0 Å². The highest BCUT2D eigenvalue weighted by Gasteiger charge is 2.42. The van der Waals surface area contributed by atoms with E-state index in [-0.39, 0.29) is 0 Å². The first kappa shape index (κ1) is 92.9. The van der Waals surface area contributed by atoms with Gasteiger partial charge in [0.2, 0.25) is 23.8 Å². The normalized spacial score (nSPS) is 14.9. The molecule has 5 aliphatic heterocycles. The molecule has 5 aliphatic rings. The van der Waals surface area contributed by atoms with Crippen molar-refractivity contribution in [1.82, 2.24) is 79.7 Å². The van der Waals surface area contributed by atoms with Crippen molar-refractivity contribution in [3.05, 3.63) is 277 Å². The molecule has 5 saturated heterocycles. The highest BCUT2D eigenvalue weighted by molar-refractivity contribution is 5.95. The lowest BCUT2D eigenvalue weighted by atomic mass is 10.1. The number of aromatic nitrogens is 16. The number of methoxy groups -OCH3 is 8. The molecule has 21 rings (SSSR count). The number of nitrogens with zero attached hydrogens (tertiary/aromatic N) is 27. The molecular weight excluding hydrogens is 1770 g/mol. The number of anilines is 10. The Kier molecular flexibility index (Phi) is 28.8. The number of hydrogen-bond acceptors (Lipinski definition) is 36. The lowest BCUT2D eigenvalue weighted by molar-refractivity contribution is 0.355. The summed E-state index contributed by atoms with van der Waals surface area (Å²) in [5.41, 5.74) is 13.5. The van der Waals surface area contributed by atoms with E-state index in [0.29, 0.717) is 87.1 Å². The van der Waals surface area contributed by atoms with Crippen LogP contribution < -0.4 is 82.4 Å². The van der Waals surface area contributed by atoms with Crippen molar-refractivity contribution < 1.29 is 37.9 Å². The van der Waals surface area contributed by atoms with Gasteiger partial charge in [-0.25, -0.2) is 79.7 Å². The first-order valence-electron chi connectivity index (χ1n) is 45.8. The van der Waals surface area contributed by atoms with Gasteiger partial charge in [-0.3, -0.25) is 0 Å². The Labute approximate surface area is 809 Å². The van der Waals surface area contributed by atoms with Gasteiger partial charge in [0, 0.05) is 212 Å². The molecule has 16 aromatic rings. The molecule has 2 unspecified atom stereocenters. The predicted molar refractivity (Wildman–Crippen MR) is 535 cm³/mol. The second kappa shape index (κ2) is 43.5. The van der Waals surface area contributed by atoms with Gasteiger partial charge in [0.15, 0.2) is 46.0 Å². The Balaban J connectivity index is 0.000000124. The van der Waals surface area contributed by atoms with Gasteiger partial charge in [-0.2, -0.15) is 15.8 Å². The fourth-order valence-electron chi connectivity index (χ4n) is 18.1. The monoisotopic (exact) mass is 1870 g/mol. The van der Waals surface area contributed by atoms with E-state index < -0.39 is 0 Å². The zero-order valence-corrected chi connectivity index (χ0v) is 78.8. The number of benzene rings is 8. The van der Waals surface area contributed by atoms with Gasteiger partial charge in [-0.05, 0) is 119 Å². The zero-order valence-electron chi connectivity index (χ0n) is 78.8. The zero-order chi connectivity index (χ0) is 96.4. The molecule has 1 N–H and O–H groups in total. The number of nitriles is 3. The van der Waals surface area contributed by atoms with Crippen LogP contribution in [0.25, 0.3) is 43.6 Å². The second-order valence-corrected chi connectivity index (χ2v) is 33.7. The van der Waals surface area contributed by atoms with Gasteiger partial charge in [0.1, 0.15) is 48.6 Å². The lowest BCUT2D eigenvalue weighted by Crippen LogP contribution is -2.54. The summed E-state index contributed by atoms with van der Waals surface area (Å²) in [6, 6.07) is 55.3. The Morgan fingerprint density at radius 3 is 0.921 bits per heavy atom. The van der Waals surface area contributed by atoms with E-state index in [9.17, 15) is 0 Å². The van der Waals surface area contributed by atoms with E-state index in [4.69, 9.17) is 63.6 Å². The maximum atomic E-state index is 9.10. The molecule has 0 saturated carbocycles. The molecule has 706 valence electrons. The number of piperazine rings is 4. The minimum absolute atomic E-state index is 0.346. The van der Waals surface area contributed by atoms with Crippen LogP contribution in [0.4, 0.5) is 58.4 Å². The third kappa shape index (κ3) is 21.1. The summed E-state index contributed by atoms with van der Waals surface area (Å²) in [5, 5.41) is 34.0. The van der Waals surface area contributed by atoms with Gasteiger partial charge in [-0.15, -0.1) is 0 Å². The summed E-state index contributed by atoms with van der Waals surface area (Å²) < 4.78 is 43.7. The van der Waals surface area contributed by atoms with Crippen LogP contribution in [-0.2, 0) is 19.3 Å². The van der Waals surface area contributed by atoms with Crippen molar-refractivity contribution in [2.24, 2.45) is 0 Å². The molecule has 0 aliphatic carbocycles. The SMILES string of the molecule is COc1cc2ncnc(N3CC4CCC(C3)N4c3ncc(Cc4ccccc4)cn3)c2cc1OC.COc1cc2ncnc(N3CCN(c4ncc(Cc5ccc(C#N)cc5)cn4)CC3)c2cc1OC.COc1cc2ncnc(N3CCN(c4ncc(Cc5cccc(C#N)c5)cn4)CC3)c2cc1OC.COc1cc2ncnc(N3CCN(c4ncc(Nc5ccc(C#N)cc5)cn4)CC3)c2cc1OC. The van der Waals surface area contributed by atoms with Gasteiger partial charge in [0.25, 0.3) is 0 Å². The number of nitrogens with one attached hydrogen (secondary N) is 1. The maximum Gasteiger partial charge on any atom is 0.225 e. The van der Waals surface area contributed by atoms with Crippen LogP contribution in [0.3, 0.4) is 0 Å². The van der Waals surface area contributed by atoms with Gasteiger partial charge >= 0.3 is 0 Å². The van der Waals surface area contributed by atoms with E-state index in [0.717, 1.165) is 241 Å². The summed E-state index contributed by atoms with van der Waals surface area (Å²) in [4.78, 5) is 91.2. The second-order valence-electron chi connectivity index (χ2n) is 33.7. The molecule has 8 aromatic carbocycles. The fraction of sp³-hybridized carbons (Fsp3) is 0.279. The third-order valence-corrected chi connectivity index (χ3v) is 25.3. The van der Waals surface area contributed by atoms with Crippen molar-refractivity contribution in [2.75, 3.05) is 193 Å². The minimum Gasteiger partial charge on any atom is -0.493 e. The molecule has 0 amide bonds. The molecular formula is C104H102N28O8. The summed E-state index contributed by atoms with van der Waals surface area (Å²) in [6.45, 7) is 11.1. The van der Waals surface area contributed by atoms with E-state index >= 15 is 0 Å². The van der Waals surface area contributed by atoms with Crippen LogP contribution in [-0.4, -0.2) is 240 Å². The van der Waals surface area contributed by atoms with Crippen LogP contribution in [0.2, 0.25) is 0 Å². The Morgan fingerprint density at radius 2 is 0.571 bits per heavy atom. The van der Waals surface area contributed by atoms with Gasteiger partial charge in [0.05, 0.1) is 132 Å². The van der Waals surface area contributed by atoms with E-state index in [2.05, 4.69) is 157 Å². The average Bonchev–Trinajstić information content (AvgIpc) is 1.66. The van der Waals surface area contributed by atoms with Gasteiger partial charge < -0.3 is 82.4 Å². The van der Waals surface area contributed by atoms with Crippen molar-refractivity contribution in [2.45, 2.75) is 44.2 Å². The molecule has 8 aromatic heterocycles. The summed E-state index contributed by atoms with van der Waals surface area (Å²) >= 11 is 0. The predicted octanol–water partition coefficient (Wildman–Crippen LogP) is 13.7. The molecule has 13 heterocycles. The molecule has 36 nitrogen and oxygen atoms in total. The first-order valence-corrected chi connectivity index (χ1v) is 45.8. The molecule has 5 fully saturated rings. The van der Waals surface area contributed by atoms with Crippen LogP contribution in [0, 0.1) is 34.0 Å². The Bertz CT molecular complexity index is 6900. The van der Waals surface area contributed by atoms with Crippen molar-refractivity contribution in [3.63, 3.8) is 0 Å². The van der Waals surface area contributed by atoms with Gasteiger partial charge in [-0.1, -0.05) is 54.6 Å².